The third-order valence-electron chi connectivity index (χ3n) is 2.06. The van der Waals surface area contributed by atoms with Crippen molar-refractivity contribution in [2.45, 2.75) is 0 Å². The fraction of sp³-hybridized carbons (Fsp3) is 0. The molecule has 0 bridgehead atoms. The molecule has 0 saturated carbocycles. The van der Waals surface area contributed by atoms with Crippen LogP contribution in [0.2, 0.25) is 0 Å². The van der Waals surface area contributed by atoms with Gasteiger partial charge in [0.05, 0.1) is 6.33 Å². The van der Waals surface area contributed by atoms with Crippen LogP contribution in [0.15, 0.2) is 24.5 Å². The predicted octanol–water partition coefficient (Wildman–Crippen LogP) is 2.05. The molecule has 2 N–H and O–H groups in total. The second-order valence-corrected chi connectivity index (χ2v) is 3.03. The molecule has 1 aromatic heterocycles. The van der Waals surface area contributed by atoms with E-state index in [1.807, 2.05) is 0 Å². The van der Waals surface area contributed by atoms with Crippen LogP contribution in [0.5, 0.6) is 0 Å². The maximum atomic E-state index is 13.4. The molecular weight excluding hydrogens is 218 g/mol. The van der Waals surface area contributed by atoms with Crippen LogP contribution < -0.4 is 0 Å². The van der Waals surface area contributed by atoms with E-state index < -0.39 is 17.6 Å². The van der Waals surface area contributed by atoms with Crippen molar-refractivity contribution in [3.63, 3.8) is 0 Å². The molecule has 0 aliphatic rings. The van der Waals surface area contributed by atoms with Gasteiger partial charge in [-0.15, -0.1) is 0 Å². The average molecular weight is 224 g/mol. The van der Waals surface area contributed by atoms with Gasteiger partial charge in [-0.2, -0.15) is 0 Å². The number of benzene rings is 1. The lowest BCUT2D eigenvalue weighted by molar-refractivity contribution is 0.0692. The Morgan fingerprint density at radius 1 is 1.38 bits per heavy atom. The van der Waals surface area contributed by atoms with Gasteiger partial charge in [0, 0.05) is 5.56 Å². The summed E-state index contributed by atoms with van der Waals surface area (Å²) >= 11 is 0. The third-order valence-corrected chi connectivity index (χ3v) is 2.06. The molecule has 0 unspecified atom stereocenters. The number of rotatable bonds is 2. The number of hydrogen-bond donors (Lipinski definition) is 2. The van der Waals surface area contributed by atoms with E-state index in [4.69, 9.17) is 5.11 Å². The second kappa shape index (κ2) is 3.73. The van der Waals surface area contributed by atoms with Crippen LogP contribution in [0.4, 0.5) is 8.78 Å². The first-order chi connectivity index (χ1) is 7.61. The van der Waals surface area contributed by atoms with Crippen LogP contribution in [-0.4, -0.2) is 21.0 Å². The number of aromatic amines is 1. The van der Waals surface area contributed by atoms with E-state index in [1.165, 1.54) is 12.1 Å². The number of carbonyl (C=O) groups is 1. The van der Waals surface area contributed by atoms with Gasteiger partial charge in [-0.25, -0.2) is 18.6 Å². The molecule has 0 aliphatic carbocycles. The van der Waals surface area contributed by atoms with Crippen molar-refractivity contribution in [2.24, 2.45) is 0 Å². The van der Waals surface area contributed by atoms with Gasteiger partial charge < -0.3 is 10.1 Å². The minimum Gasteiger partial charge on any atom is -0.477 e. The van der Waals surface area contributed by atoms with E-state index in [2.05, 4.69) is 9.97 Å². The zero-order valence-corrected chi connectivity index (χ0v) is 7.87. The SMILES string of the molecule is O=C(O)c1[nH]cnc1-c1cccc(F)c1F. The first-order valence-electron chi connectivity index (χ1n) is 4.32. The highest BCUT2D eigenvalue weighted by atomic mass is 19.2. The summed E-state index contributed by atoms with van der Waals surface area (Å²) in [4.78, 5) is 16.8. The summed E-state index contributed by atoms with van der Waals surface area (Å²) in [5, 5.41) is 8.79. The number of aromatic carboxylic acids is 1. The lowest BCUT2D eigenvalue weighted by Gasteiger charge is -2.01. The summed E-state index contributed by atoms with van der Waals surface area (Å²) in [6.07, 6.45) is 1.11. The summed E-state index contributed by atoms with van der Waals surface area (Å²) < 4.78 is 26.3. The van der Waals surface area contributed by atoms with Crippen molar-refractivity contribution in [1.82, 2.24) is 9.97 Å². The zero-order valence-electron chi connectivity index (χ0n) is 7.87. The molecule has 0 aliphatic heterocycles. The highest BCUT2D eigenvalue weighted by Crippen LogP contribution is 2.24. The van der Waals surface area contributed by atoms with Crippen molar-refractivity contribution >= 4 is 5.97 Å². The first-order valence-corrected chi connectivity index (χ1v) is 4.32. The fourth-order valence-electron chi connectivity index (χ4n) is 1.35. The van der Waals surface area contributed by atoms with Crippen molar-refractivity contribution in [1.29, 1.82) is 0 Å². The Morgan fingerprint density at radius 3 is 2.81 bits per heavy atom. The molecule has 1 heterocycles. The summed E-state index contributed by atoms with van der Waals surface area (Å²) in [5.41, 5.74) is -0.576. The van der Waals surface area contributed by atoms with Crippen LogP contribution in [-0.2, 0) is 0 Å². The lowest BCUT2D eigenvalue weighted by atomic mass is 10.1. The molecule has 2 rings (SSSR count). The van der Waals surface area contributed by atoms with E-state index in [9.17, 15) is 13.6 Å². The molecule has 16 heavy (non-hydrogen) atoms. The summed E-state index contributed by atoms with van der Waals surface area (Å²) in [5.74, 6) is -3.44. The molecule has 0 radical (unpaired) electrons. The van der Waals surface area contributed by atoms with Gasteiger partial charge in [-0.05, 0) is 12.1 Å². The van der Waals surface area contributed by atoms with Gasteiger partial charge in [0.25, 0.3) is 0 Å². The number of hydrogen-bond acceptors (Lipinski definition) is 2. The van der Waals surface area contributed by atoms with Crippen LogP contribution in [0.25, 0.3) is 11.3 Å². The Bertz CT molecular complexity index is 552. The monoisotopic (exact) mass is 224 g/mol. The molecule has 0 fully saturated rings. The number of carboxylic acid groups (broad SMARTS) is 1. The zero-order chi connectivity index (χ0) is 11.7. The molecule has 1 aromatic carbocycles. The Kier molecular flexibility index (Phi) is 2.40. The summed E-state index contributed by atoms with van der Waals surface area (Å²) in [6.45, 7) is 0. The Labute approximate surface area is 88.6 Å². The van der Waals surface area contributed by atoms with Gasteiger partial charge in [-0.1, -0.05) is 6.07 Å². The first kappa shape index (κ1) is 10.3. The van der Waals surface area contributed by atoms with Crippen molar-refractivity contribution in [3.8, 4) is 11.3 Å². The maximum absolute atomic E-state index is 13.4. The van der Waals surface area contributed by atoms with Gasteiger partial charge in [-0.3, -0.25) is 0 Å². The maximum Gasteiger partial charge on any atom is 0.354 e. The number of aromatic nitrogens is 2. The number of carboxylic acids is 1. The van der Waals surface area contributed by atoms with Crippen LogP contribution >= 0.6 is 0 Å². The van der Waals surface area contributed by atoms with Gasteiger partial charge in [0.1, 0.15) is 5.69 Å². The number of nitrogens with one attached hydrogen (secondary N) is 1. The second-order valence-electron chi connectivity index (χ2n) is 3.03. The van der Waals surface area contributed by atoms with E-state index in [-0.39, 0.29) is 17.0 Å². The Hall–Kier alpha value is -2.24. The molecule has 0 atom stereocenters. The van der Waals surface area contributed by atoms with E-state index >= 15 is 0 Å². The molecule has 6 heteroatoms. The Balaban J connectivity index is 2.63. The summed E-state index contributed by atoms with van der Waals surface area (Å²) in [7, 11) is 0. The highest BCUT2D eigenvalue weighted by molar-refractivity contribution is 5.92. The molecule has 0 amide bonds. The van der Waals surface area contributed by atoms with E-state index in [1.54, 1.807) is 0 Å². The summed E-state index contributed by atoms with van der Waals surface area (Å²) in [6, 6.07) is 3.50. The minimum atomic E-state index is -1.28. The van der Waals surface area contributed by atoms with Gasteiger partial charge in [0.15, 0.2) is 17.3 Å². The lowest BCUT2D eigenvalue weighted by Crippen LogP contribution is -2.00. The average Bonchev–Trinajstić information content (AvgIpc) is 2.70. The van der Waals surface area contributed by atoms with Gasteiger partial charge in [0.2, 0.25) is 0 Å². The predicted molar refractivity (Wildman–Crippen MR) is 50.9 cm³/mol. The van der Waals surface area contributed by atoms with Crippen LogP contribution in [0.1, 0.15) is 10.5 Å². The van der Waals surface area contributed by atoms with Crippen LogP contribution in [0, 0.1) is 11.6 Å². The minimum absolute atomic E-state index is 0.121. The number of nitrogens with zero attached hydrogens (tertiary/aromatic N) is 1. The van der Waals surface area contributed by atoms with Crippen molar-refractivity contribution < 1.29 is 18.7 Å². The van der Waals surface area contributed by atoms with Crippen molar-refractivity contribution in [3.05, 3.63) is 41.9 Å². The van der Waals surface area contributed by atoms with Crippen LogP contribution in [0.3, 0.4) is 0 Å². The highest BCUT2D eigenvalue weighted by Gasteiger charge is 2.19. The molecular formula is C10H6F2N2O2. The molecule has 2 aromatic rings. The fourth-order valence-corrected chi connectivity index (χ4v) is 1.35. The Morgan fingerprint density at radius 2 is 2.12 bits per heavy atom. The quantitative estimate of drug-likeness (QED) is 0.820. The number of imidazole rings is 1. The third kappa shape index (κ3) is 1.54. The largest absolute Gasteiger partial charge is 0.477 e. The molecule has 82 valence electrons. The number of halogens is 2. The molecule has 0 saturated heterocycles. The van der Waals surface area contributed by atoms with Crippen molar-refractivity contribution in [2.75, 3.05) is 0 Å². The topological polar surface area (TPSA) is 66.0 Å². The molecule has 4 nitrogen and oxygen atoms in total. The standard InChI is InChI=1S/C10H6F2N2O2/c11-6-3-1-2-5(7(6)12)8-9(10(15)16)14-4-13-8/h1-4H,(H,13,14)(H,15,16). The molecule has 0 spiro atoms. The smallest absolute Gasteiger partial charge is 0.354 e. The van der Waals surface area contributed by atoms with E-state index in [0.29, 0.717) is 0 Å². The number of H-pyrrole nitrogens is 1. The van der Waals surface area contributed by atoms with Gasteiger partial charge >= 0.3 is 5.97 Å². The van der Waals surface area contributed by atoms with E-state index in [0.717, 1.165) is 12.4 Å². The normalized spacial score (nSPS) is 10.4.